The van der Waals surface area contributed by atoms with Crippen LogP contribution in [0, 0.1) is 0 Å². The zero-order chi connectivity index (χ0) is 6.57. The number of hydrogen-bond donors (Lipinski definition) is 0. The van der Waals surface area contributed by atoms with E-state index in [-0.39, 0.29) is 11.0 Å². The van der Waals surface area contributed by atoms with Crippen molar-refractivity contribution >= 4 is 21.9 Å². The zero-order valence-corrected chi connectivity index (χ0v) is 6.56. The standard InChI is InChI=1S/C5H9BrO2/c1-3-5(6)8-4(2)7/h5H,3H2,1-2H3/t5-/m0/s1. The van der Waals surface area contributed by atoms with Gasteiger partial charge in [-0.2, -0.15) is 0 Å². The van der Waals surface area contributed by atoms with Crippen LogP contribution in [-0.4, -0.2) is 11.0 Å². The Morgan fingerprint density at radius 2 is 2.38 bits per heavy atom. The number of carbonyl (C=O) groups excluding carboxylic acids is 1. The van der Waals surface area contributed by atoms with Crippen molar-refractivity contribution in [1.82, 2.24) is 0 Å². The summed E-state index contributed by atoms with van der Waals surface area (Å²) < 4.78 is 4.68. The average molecular weight is 181 g/mol. The highest BCUT2D eigenvalue weighted by Crippen LogP contribution is 2.04. The predicted octanol–water partition coefficient (Wildman–Crippen LogP) is 1.68. The van der Waals surface area contributed by atoms with Crippen molar-refractivity contribution in [1.29, 1.82) is 0 Å². The molecule has 1 atom stereocenters. The summed E-state index contributed by atoms with van der Waals surface area (Å²) in [6.07, 6.45) is 0.805. The number of carbonyl (C=O) groups is 1. The van der Waals surface area contributed by atoms with Gasteiger partial charge in [0.15, 0.2) is 5.01 Å². The highest BCUT2D eigenvalue weighted by atomic mass is 79.9. The Balaban J connectivity index is 3.24. The molecular weight excluding hydrogens is 172 g/mol. The predicted molar refractivity (Wildman–Crippen MR) is 34.8 cm³/mol. The van der Waals surface area contributed by atoms with Gasteiger partial charge in [0.25, 0.3) is 0 Å². The summed E-state index contributed by atoms with van der Waals surface area (Å²) in [4.78, 5) is 10.2. The third kappa shape index (κ3) is 4.12. The number of alkyl halides is 1. The number of hydrogen-bond acceptors (Lipinski definition) is 2. The summed E-state index contributed by atoms with van der Waals surface area (Å²) in [5.41, 5.74) is 0. The number of ether oxygens (including phenoxy) is 1. The first kappa shape index (κ1) is 7.95. The fourth-order valence-electron chi connectivity index (χ4n) is 0.263. The van der Waals surface area contributed by atoms with Crippen LogP contribution in [0.5, 0.6) is 0 Å². The molecule has 0 bridgehead atoms. The molecule has 0 fully saturated rings. The van der Waals surface area contributed by atoms with Crippen molar-refractivity contribution in [3.63, 3.8) is 0 Å². The van der Waals surface area contributed by atoms with Crippen molar-refractivity contribution in [2.75, 3.05) is 0 Å². The largest absolute Gasteiger partial charge is 0.451 e. The molecule has 0 saturated carbocycles. The SMILES string of the molecule is CC[C@@H](Br)OC(C)=O. The molecule has 8 heavy (non-hydrogen) atoms. The molecule has 0 N–H and O–H groups in total. The van der Waals surface area contributed by atoms with E-state index < -0.39 is 0 Å². The van der Waals surface area contributed by atoms with Crippen LogP contribution < -0.4 is 0 Å². The van der Waals surface area contributed by atoms with E-state index in [9.17, 15) is 4.79 Å². The lowest BCUT2D eigenvalue weighted by Crippen LogP contribution is -2.06. The molecule has 0 aliphatic rings. The monoisotopic (exact) mass is 180 g/mol. The van der Waals surface area contributed by atoms with Crippen LogP contribution in [0.25, 0.3) is 0 Å². The number of esters is 1. The van der Waals surface area contributed by atoms with Gasteiger partial charge in [0, 0.05) is 6.92 Å². The first-order valence-electron chi connectivity index (χ1n) is 2.48. The van der Waals surface area contributed by atoms with E-state index in [1.165, 1.54) is 6.92 Å². The topological polar surface area (TPSA) is 26.3 Å². The quantitative estimate of drug-likeness (QED) is 0.478. The Morgan fingerprint density at radius 3 is 2.50 bits per heavy atom. The second-order valence-corrected chi connectivity index (χ2v) is 2.45. The van der Waals surface area contributed by atoms with Crippen LogP contribution in [0.15, 0.2) is 0 Å². The molecule has 0 unspecified atom stereocenters. The maximum Gasteiger partial charge on any atom is 0.303 e. The molecule has 3 heteroatoms. The highest BCUT2D eigenvalue weighted by Gasteiger charge is 2.01. The maximum absolute atomic E-state index is 10.2. The maximum atomic E-state index is 10.2. The van der Waals surface area contributed by atoms with Crippen molar-refractivity contribution < 1.29 is 9.53 Å². The fraction of sp³-hybridized carbons (Fsp3) is 0.800. The fourth-order valence-corrected chi connectivity index (χ4v) is 0.527. The minimum Gasteiger partial charge on any atom is -0.451 e. The summed E-state index contributed by atoms with van der Waals surface area (Å²) in [6.45, 7) is 3.33. The second kappa shape index (κ2) is 3.89. The van der Waals surface area contributed by atoms with Gasteiger partial charge in [-0.25, -0.2) is 0 Å². The van der Waals surface area contributed by atoms with Crippen LogP contribution in [0.1, 0.15) is 20.3 Å². The van der Waals surface area contributed by atoms with Crippen molar-refractivity contribution in [2.24, 2.45) is 0 Å². The highest BCUT2D eigenvalue weighted by molar-refractivity contribution is 9.09. The average Bonchev–Trinajstić information content (AvgIpc) is 1.65. The molecule has 0 heterocycles. The summed E-state index contributed by atoms with van der Waals surface area (Å²) in [5.74, 6) is -0.242. The molecule has 0 rings (SSSR count). The van der Waals surface area contributed by atoms with Crippen molar-refractivity contribution in [2.45, 2.75) is 25.3 Å². The minimum atomic E-state index is -0.242. The van der Waals surface area contributed by atoms with Gasteiger partial charge in [0.05, 0.1) is 0 Å². The van der Waals surface area contributed by atoms with E-state index in [2.05, 4.69) is 20.7 Å². The molecule has 0 aliphatic carbocycles. The Bertz CT molecular complexity index is 82.5. The lowest BCUT2D eigenvalue weighted by atomic mass is 10.5. The van der Waals surface area contributed by atoms with Crippen LogP contribution in [-0.2, 0) is 9.53 Å². The first-order chi connectivity index (χ1) is 3.66. The van der Waals surface area contributed by atoms with Gasteiger partial charge in [-0.15, -0.1) is 0 Å². The van der Waals surface area contributed by atoms with Gasteiger partial charge < -0.3 is 4.74 Å². The molecule has 0 aromatic heterocycles. The molecule has 0 spiro atoms. The van der Waals surface area contributed by atoms with Crippen LogP contribution in [0.4, 0.5) is 0 Å². The van der Waals surface area contributed by atoms with Crippen molar-refractivity contribution in [3.8, 4) is 0 Å². The van der Waals surface area contributed by atoms with Crippen LogP contribution in [0.2, 0.25) is 0 Å². The van der Waals surface area contributed by atoms with Gasteiger partial charge in [-0.3, -0.25) is 4.79 Å². The lowest BCUT2D eigenvalue weighted by molar-refractivity contribution is -0.142. The summed E-state index contributed by atoms with van der Waals surface area (Å²) >= 11 is 3.13. The Morgan fingerprint density at radius 1 is 1.88 bits per heavy atom. The van der Waals surface area contributed by atoms with Gasteiger partial charge in [-0.1, -0.05) is 6.92 Å². The Kier molecular flexibility index (Phi) is 3.87. The summed E-state index contributed by atoms with van der Waals surface area (Å²) in [7, 11) is 0. The lowest BCUT2D eigenvalue weighted by Gasteiger charge is -2.04. The molecule has 0 aromatic rings. The van der Waals surface area contributed by atoms with E-state index in [0.717, 1.165) is 6.42 Å². The van der Waals surface area contributed by atoms with Crippen LogP contribution in [0.3, 0.4) is 0 Å². The first-order valence-corrected chi connectivity index (χ1v) is 3.39. The van der Waals surface area contributed by atoms with Gasteiger partial charge in [0.1, 0.15) is 0 Å². The smallest absolute Gasteiger partial charge is 0.303 e. The van der Waals surface area contributed by atoms with Crippen LogP contribution >= 0.6 is 15.9 Å². The Labute approximate surface area is 57.3 Å². The normalized spacial score (nSPS) is 12.9. The molecule has 0 aliphatic heterocycles. The third-order valence-electron chi connectivity index (χ3n) is 0.615. The third-order valence-corrected chi connectivity index (χ3v) is 1.45. The molecular formula is C5H9BrO2. The molecule has 0 saturated heterocycles. The van der Waals surface area contributed by atoms with E-state index in [4.69, 9.17) is 0 Å². The summed E-state index contributed by atoms with van der Waals surface area (Å²) in [5, 5.41) is -0.111. The summed E-state index contributed by atoms with van der Waals surface area (Å²) in [6, 6.07) is 0. The van der Waals surface area contributed by atoms with Gasteiger partial charge in [0.2, 0.25) is 0 Å². The molecule has 2 nitrogen and oxygen atoms in total. The van der Waals surface area contributed by atoms with E-state index in [0.29, 0.717) is 0 Å². The molecule has 0 amide bonds. The molecule has 0 aromatic carbocycles. The minimum absolute atomic E-state index is 0.111. The van der Waals surface area contributed by atoms with E-state index >= 15 is 0 Å². The van der Waals surface area contributed by atoms with Gasteiger partial charge >= 0.3 is 5.97 Å². The van der Waals surface area contributed by atoms with Gasteiger partial charge in [-0.05, 0) is 22.4 Å². The zero-order valence-electron chi connectivity index (χ0n) is 4.98. The molecule has 0 radical (unpaired) electrons. The second-order valence-electron chi connectivity index (χ2n) is 1.43. The van der Waals surface area contributed by atoms with E-state index in [1.54, 1.807) is 0 Å². The Hall–Kier alpha value is -0.0500. The van der Waals surface area contributed by atoms with Crippen molar-refractivity contribution in [3.05, 3.63) is 0 Å². The van der Waals surface area contributed by atoms with E-state index in [1.807, 2.05) is 6.92 Å². The molecule has 48 valence electrons. The number of rotatable bonds is 2. The number of halogens is 1.